The van der Waals surface area contributed by atoms with Gasteiger partial charge < -0.3 is 10.9 Å². The standard InChI is InChI=1S/C16H23ClO.H3N/c1-7-14-12(5)11(4)13(6)15(8-17)16(14)18-9-10(2)3;/h2,7-9H2,1,3-6H3;1H3. The third-order valence-electron chi connectivity index (χ3n) is 3.53. The molecule has 2 nitrogen and oxygen atoms in total. The molecule has 1 rings (SSSR count). The Labute approximate surface area is 122 Å². The largest absolute Gasteiger partial charge is 0.489 e. The molecule has 0 aliphatic heterocycles. The topological polar surface area (TPSA) is 44.2 Å². The molecule has 0 aromatic heterocycles. The Balaban J connectivity index is 0.00000324. The number of rotatable bonds is 5. The Bertz CT molecular complexity index is 435. The van der Waals surface area contributed by atoms with Gasteiger partial charge in [0.2, 0.25) is 0 Å². The molecular weight excluding hydrogens is 258 g/mol. The van der Waals surface area contributed by atoms with Gasteiger partial charge in [-0.1, -0.05) is 13.5 Å². The number of hydrogen-bond donors (Lipinski definition) is 1. The van der Waals surface area contributed by atoms with Crippen LogP contribution < -0.4 is 10.9 Å². The number of halogens is 1. The monoisotopic (exact) mass is 283 g/mol. The molecule has 0 bridgehead atoms. The van der Waals surface area contributed by atoms with Crippen molar-refractivity contribution in [3.63, 3.8) is 0 Å². The van der Waals surface area contributed by atoms with Crippen molar-refractivity contribution in [2.75, 3.05) is 6.61 Å². The number of benzene rings is 1. The lowest BCUT2D eigenvalue weighted by atomic mass is 9.92. The molecule has 0 amide bonds. The summed E-state index contributed by atoms with van der Waals surface area (Å²) in [6.45, 7) is 15.0. The molecule has 0 heterocycles. The zero-order chi connectivity index (χ0) is 13.9. The Morgan fingerprint density at radius 1 is 1.11 bits per heavy atom. The highest BCUT2D eigenvalue weighted by molar-refractivity contribution is 6.17. The van der Waals surface area contributed by atoms with Crippen LogP contribution in [0, 0.1) is 20.8 Å². The summed E-state index contributed by atoms with van der Waals surface area (Å²) >= 11 is 6.10. The highest BCUT2D eigenvalue weighted by Crippen LogP contribution is 2.35. The highest BCUT2D eigenvalue weighted by atomic mass is 35.5. The summed E-state index contributed by atoms with van der Waals surface area (Å²) < 4.78 is 5.94. The van der Waals surface area contributed by atoms with Gasteiger partial charge >= 0.3 is 0 Å². The lowest BCUT2D eigenvalue weighted by molar-refractivity contribution is 0.345. The fourth-order valence-electron chi connectivity index (χ4n) is 2.21. The van der Waals surface area contributed by atoms with Gasteiger partial charge in [0.25, 0.3) is 0 Å². The molecule has 0 saturated carbocycles. The Morgan fingerprint density at radius 2 is 1.63 bits per heavy atom. The van der Waals surface area contributed by atoms with Crippen LogP contribution in [0.4, 0.5) is 0 Å². The zero-order valence-corrected chi connectivity index (χ0v) is 13.6. The van der Waals surface area contributed by atoms with Gasteiger partial charge in [-0.15, -0.1) is 11.6 Å². The maximum Gasteiger partial charge on any atom is 0.127 e. The molecule has 3 N–H and O–H groups in total. The van der Waals surface area contributed by atoms with Crippen LogP contribution in [-0.2, 0) is 12.3 Å². The first-order chi connectivity index (χ1) is 8.43. The maximum atomic E-state index is 6.10. The van der Waals surface area contributed by atoms with Crippen LogP contribution in [0.2, 0.25) is 0 Å². The normalized spacial score (nSPS) is 10.0. The SMILES string of the molecule is C=C(C)COc1c(CC)c(C)c(C)c(C)c1CCl.N. The molecule has 1 aromatic carbocycles. The van der Waals surface area contributed by atoms with E-state index in [1.54, 1.807) is 0 Å². The van der Waals surface area contributed by atoms with Crippen LogP contribution in [0.5, 0.6) is 5.75 Å². The molecular formula is C16H26ClNO. The number of ether oxygens (including phenoxy) is 1. The van der Waals surface area contributed by atoms with Gasteiger partial charge in [0, 0.05) is 5.56 Å². The fraction of sp³-hybridized carbons (Fsp3) is 0.500. The molecule has 0 radical (unpaired) electrons. The second kappa shape index (κ2) is 7.56. The van der Waals surface area contributed by atoms with E-state index in [1.165, 1.54) is 22.3 Å². The molecule has 0 unspecified atom stereocenters. The summed E-state index contributed by atoms with van der Waals surface area (Å²) in [7, 11) is 0. The van der Waals surface area contributed by atoms with E-state index in [9.17, 15) is 0 Å². The zero-order valence-electron chi connectivity index (χ0n) is 12.8. The van der Waals surface area contributed by atoms with Crippen LogP contribution in [0.1, 0.15) is 41.7 Å². The van der Waals surface area contributed by atoms with Crippen molar-refractivity contribution in [2.24, 2.45) is 0 Å². The first kappa shape index (κ1) is 18.0. The lowest BCUT2D eigenvalue weighted by Gasteiger charge is -2.21. The summed E-state index contributed by atoms with van der Waals surface area (Å²) in [5.74, 6) is 1.46. The van der Waals surface area contributed by atoms with Crippen LogP contribution >= 0.6 is 11.6 Å². The van der Waals surface area contributed by atoms with Crippen LogP contribution in [0.25, 0.3) is 0 Å². The van der Waals surface area contributed by atoms with Gasteiger partial charge in [-0.3, -0.25) is 0 Å². The molecule has 19 heavy (non-hydrogen) atoms. The summed E-state index contributed by atoms with van der Waals surface area (Å²) in [6.07, 6.45) is 0.961. The summed E-state index contributed by atoms with van der Waals surface area (Å²) in [4.78, 5) is 0. The fourth-order valence-corrected chi connectivity index (χ4v) is 2.53. The third-order valence-corrected chi connectivity index (χ3v) is 3.80. The molecule has 0 saturated heterocycles. The Morgan fingerprint density at radius 3 is 2.05 bits per heavy atom. The first-order valence-corrected chi connectivity index (χ1v) is 6.92. The van der Waals surface area contributed by atoms with Gasteiger partial charge in [-0.2, -0.15) is 0 Å². The average molecular weight is 284 g/mol. The van der Waals surface area contributed by atoms with E-state index in [0.717, 1.165) is 23.3 Å². The Hall–Kier alpha value is -0.990. The van der Waals surface area contributed by atoms with Gasteiger partial charge in [0.05, 0.1) is 5.88 Å². The second-order valence-electron chi connectivity index (χ2n) is 4.89. The summed E-state index contributed by atoms with van der Waals surface area (Å²) in [5.41, 5.74) is 7.31. The molecule has 1 aromatic rings. The van der Waals surface area contributed by atoms with Crippen LogP contribution in [-0.4, -0.2) is 6.61 Å². The van der Waals surface area contributed by atoms with Crippen LogP contribution in [0.3, 0.4) is 0 Å². The molecule has 0 fully saturated rings. The van der Waals surface area contributed by atoms with E-state index < -0.39 is 0 Å². The predicted molar refractivity (Wildman–Crippen MR) is 84.9 cm³/mol. The minimum atomic E-state index is 0. The number of alkyl halides is 1. The average Bonchev–Trinajstić information content (AvgIpc) is 2.33. The van der Waals surface area contributed by atoms with E-state index in [1.807, 2.05) is 6.92 Å². The van der Waals surface area contributed by atoms with Gasteiger partial charge in [-0.05, 0) is 61.9 Å². The smallest absolute Gasteiger partial charge is 0.127 e. The molecule has 3 heteroatoms. The third kappa shape index (κ3) is 3.74. The quantitative estimate of drug-likeness (QED) is 0.608. The van der Waals surface area contributed by atoms with Crippen molar-refractivity contribution in [2.45, 2.75) is 46.9 Å². The van der Waals surface area contributed by atoms with Crippen LogP contribution in [0.15, 0.2) is 12.2 Å². The minimum absolute atomic E-state index is 0. The van der Waals surface area contributed by atoms with E-state index in [-0.39, 0.29) is 6.15 Å². The minimum Gasteiger partial charge on any atom is -0.489 e. The van der Waals surface area contributed by atoms with Crippen molar-refractivity contribution in [3.05, 3.63) is 40.0 Å². The number of hydrogen-bond acceptors (Lipinski definition) is 2. The first-order valence-electron chi connectivity index (χ1n) is 6.38. The van der Waals surface area contributed by atoms with Crippen molar-refractivity contribution < 1.29 is 4.74 Å². The van der Waals surface area contributed by atoms with Crippen molar-refractivity contribution in [1.82, 2.24) is 6.15 Å². The van der Waals surface area contributed by atoms with E-state index in [0.29, 0.717) is 12.5 Å². The Kier molecular flexibility index (Phi) is 7.17. The second-order valence-corrected chi connectivity index (χ2v) is 5.16. The van der Waals surface area contributed by atoms with E-state index in [2.05, 4.69) is 34.3 Å². The highest BCUT2D eigenvalue weighted by Gasteiger charge is 2.17. The predicted octanol–water partition coefficient (Wildman–Crippen LogP) is 5.03. The van der Waals surface area contributed by atoms with E-state index in [4.69, 9.17) is 16.3 Å². The maximum absolute atomic E-state index is 6.10. The van der Waals surface area contributed by atoms with Crippen molar-refractivity contribution in [3.8, 4) is 5.75 Å². The summed E-state index contributed by atoms with van der Waals surface area (Å²) in [6, 6.07) is 0. The molecule has 0 aliphatic rings. The molecule has 0 spiro atoms. The van der Waals surface area contributed by atoms with E-state index >= 15 is 0 Å². The van der Waals surface area contributed by atoms with Gasteiger partial charge in [0.15, 0.2) is 0 Å². The molecule has 0 atom stereocenters. The van der Waals surface area contributed by atoms with Gasteiger partial charge in [-0.25, -0.2) is 0 Å². The van der Waals surface area contributed by atoms with Crippen molar-refractivity contribution >= 4 is 11.6 Å². The molecule has 0 aliphatic carbocycles. The summed E-state index contributed by atoms with van der Waals surface area (Å²) in [5, 5.41) is 0. The molecule has 108 valence electrons. The van der Waals surface area contributed by atoms with Crippen molar-refractivity contribution in [1.29, 1.82) is 0 Å². The van der Waals surface area contributed by atoms with Gasteiger partial charge in [0.1, 0.15) is 12.4 Å². The lowest BCUT2D eigenvalue weighted by Crippen LogP contribution is -2.08.